The van der Waals surface area contributed by atoms with Gasteiger partial charge in [0.15, 0.2) is 0 Å². The highest BCUT2D eigenvalue weighted by Crippen LogP contribution is 2.27. The Hall–Kier alpha value is -2.58. The molecule has 29 heavy (non-hydrogen) atoms. The molecule has 0 saturated carbocycles. The molecule has 2 aromatic carbocycles. The van der Waals surface area contributed by atoms with Crippen LogP contribution in [0.25, 0.3) is 0 Å². The van der Waals surface area contributed by atoms with Crippen molar-refractivity contribution in [3.05, 3.63) is 53.6 Å². The highest BCUT2D eigenvalue weighted by Gasteiger charge is 2.26. The number of aryl methyl sites for hydroxylation is 1. The molecule has 1 heterocycles. The summed E-state index contributed by atoms with van der Waals surface area (Å²) in [7, 11) is -2.51. The van der Waals surface area contributed by atoms with E-state index in [1.54, 1.807) is 23.1 Å². The Morgan fingerprint density at radius 3 is 2.38 bits per heavy atom. The summed E-state index contributed by atoms with van der Waals surface area (Å²) in [4.78, 5) is 16.1. The fraction of sp³-hybridized carbons (Fsp3) is 0.381. The van der Waals surface area contributed by atoms with Crippen molar-refractivity contribution in [2.24, 2.45) is 0 Å². The number of nitrogens with zero attached hydrogens (tertiary/aromatic N) is 1. The molecule has 1 aliphatic heterocycles. The van der Waals surface area contributed by atoms with Crippen LogP contribution in [-0.2, 0) is 10.0 Å². The van der Waals surface area contributed by atoms with Gasteiger partial charge < -0.3 is 14.5 Å². The number of carbonyl (C=O) groups excluding carboxylic acids is 1. The molecule has 0 bridgehead atoms. The van der Waals surface area contributed by atoms with Crippen LogP contribution in [0.5, 0.6) is 5.75 Å². The summed E-state index contributed by atoms with van der Waals surface area (Å²) in [5.74, 6) is 0.0380. The molecule has 8 heteroatoms. The molecule has 3 rings (SSSR count). The standard InChI is InChI=1S/C21H27N3O4S/c1-4-23-11-13-24(14-12-23)21(25)17-7-10-19(28-3)20(15-17)29(26,27)22-18-8-5-16(2)6-9-18/h5-10,15,22H,4,11-14H2,1-3H3/p+1. The van der Waals surface area contributed by atoms with Gasteiger partial charge in [-0.3, -0.25) is 9.52 Å². The van der Waals surface area contributed by atoms with Crippen LogP contribution in [0.2, 0.25) is 0 Å². The van der Waals surface area contributed by atoms with Gasteiger partial charge in [0.25, 0.3) is 15.9 Å². The summed E-state index contributed by atoms with van der Waals surface area (Å²) in [6.07, 6.45) is 0. The molecule has 7 nitrogen and oxygen atoms in total. The van der Waals surface area contributed by atoms with Crippen LogP contribution in [-0.4, -0.2) is 59.1 Å². The lowest BCUT2D eigenvalue weighted by atomic mass is 10.1. The number of sulfonamides is 1. The van der Waals surface area contributed by atoms with E-state index in [0.29, 0.717) is 24.3 Å². The summed E-state index contributed by atoms with van der Waals surface area (Å²) in [5.41, 5.74) is 1.83. The van der Waals surface area contributed by atoms with Crippen LogP contribution >= 0.6 is 0 Å². The molecule has 0 aromatic heterocycles. The number of methoxy groups -OCH3 is 1. The van der Waals surface area contributed by atoms with Crippen molar-refractivity contribution in [1.29, 1.82) is 0 Å². The molecule has 1 amide bonds. The zero-order valence-corrected chi connectivity index (χ0v) is 17.9. The Labute approximate surface area is 172 Å². The minimum atomic E-state index is -3.92. The number of anilines is 1. The van der Waals surface area contributed by atoms with Crippen LogP contribution in [0.4, 0.5) is 5.69 Å². The molecule has 0 unspecified atom stereocenters. The van der Waals surface area contributed by atoms with E-state index in [0.717, 1.165) is 25.2 Å². The van der Waals surface area contributed by atoms with Gasteiger partial charge in [0.1, 0.15) is 10.6 Å². The molecule has 156 valence electrons. The Morgan fingerprint density at radius 2 is 1.79 bits per heavy atom. The minimum absolute atomic E-state index is 0.0516. The minimum Gasteiger partial charge on any atom is -0.495 e. The zero-order valence-electron chi connectivity index (χ0n) is 17.1. The third-order valence-corrected chi connectivity index (χ3v) is 6.66. The van der Waals surface area contributed by atoms with Crippen LogP contribution in [0.15, 0.2) is 47.4 Å². The van der Waals surface area contributed by atoms with Gasteiger partial charge in [-0.2, -0.15) is 0 Å². The second-order valence-corrected chi connectivity index (χ2v) is 8.88. The smallest absolute Gasteiger partial charge is 0.265 e. The number of amides is 1. The van der Waals surface area contributed by atoms with Crippen LogP contribution < -0.4 is 14.4 Å². The molecule has 1 aliphatic rings. The van der Waals surface area contributed by atoms with Gasteiger partial charge in [0.05, 0.1) is 39.8 Å². The third kappa shape index (κ3) is 4.89. The van der Waals surface area contributed by atoms with Crippen molar-refractivity contribution in [1.82, 2.24) is 4.90 Å². The van der Waals surface area contributed by atoms with E-state index < -0.39 is 10.0 Å². The lowest BCUT2D eigenvalue weighted by Crippen LogP contribution is -3.14. The molecular formula is C21H28N3O4S+. The number of carbonyl (C=O) groups is 1. The summed E-state index contributed by atoms with van der Waals surface area (Å²) >= 11 is 0. The van der Waals surface area contributed by atoms with Gasteiger partial charge >= 0.3 is 0 Å². The predicted molar refractivity (Wildman–Crippen MR) is 112 cm³/mol. The molecule has 1 fully saturated rings. The first-order valence-electron chi connectivity index (χ1n) is 9.74. The number of likely N-dealkylation sites (N-methyl/N-ethyl adjacent to an activating group) is 1. The molecule has 0 radical (unpaired) electrons. The monoisotopic (exact) mass is 418 g/mol. The normalized spacial score (nSPS) is 15.2. The second-order valence-electron chi connectivity index (χ2n) is 7.23. The van der Waals surface area contributed by atoms with E-state index >= 15 is 0 Å². The van der Waals surface area contributed by atoms with Gasteiger partial charge in [0, 0.05) is 11.3 Å². The Kier molecular flexibility index (Phi) is 6.44. The zero-order chi connectivity index (χ0) is 21.0. The first-order valence-corrected chi connectivity index (χ1v) is 11.2. The van der Waals surface area contributed by atoms with E-state index in [1.165, 1.54) is 24.1 Å². The Bertz CT molecular complexity index is 966. The third-order valence-electron chi connectivity index (χ3n) is 5.26. The maximum absolute atomic E-state index is 13.0. The summed E-state index contributed by atoms with van der Waals surface area (Å²) < 4.78 is 33.8. The van der Waals surface area contributed by atoms with Crippen LogP contribution in [0.1, 0.15) is 22.8 Å². The molecule has 0 atom stereocenters. The van der Waals surface area contributed by atoms with Crippen molar-refractivity contribution in [2.45, 2.75) is 18.7 Å². The number of quaternary nitrogens is 1. The van der Waals surface area contributed by atoms with Gasteiger partial charge in [-0.05, 0) is 44.2 Å². The number of ether oxygens (including phenoxy) is 1. The molecule has 0 aliphatic carbocycles. The van der Waals surface area contributed by atoms with Crippen molar-refractivity contribution in [2.75, 3.05) is 44.6 Å². The van der Waals surface area contributed by atoms with E-state index in [1.807, 2.05) is 19.1 Å². The molecule has 2 aromatic rings. The Balaban J connectivity index is 1.86. The lowest BCUT2D eigenvalue weighted by Gasteiger charge is -2.31. The van der Waals surface area contributed by atoms with Crippen LogP contribution in [0.3, 0.4) is 0 Å². The Morgan fingerprint density at radius 1 is 1.14 bits per heavy atom. The summed E-state index contributed by atoms with van der Waals surface area (Å²) in [5, 5.41) is 0. The van der Waals surface area contributed by atoms with Crippen LogP contribution in [0, 0.1) is 6.92 Å². The average Bonchev–Trinajstić information content (AvgIpc) is 2.74. The fourth-order valence-electron chi connectivity index (χ4n) is 3.41. The topological polar surface area (TPSA) is 80.2 Å². The number of rotatable bonds is 6. The predicted octanol–water partition coefficient (Wildman–Crippen LogP) is 1.17. The number of hydrogen-bond acceptors (Lipinski definition) is 4. The number of benzene rings is 2. The van der Waals surface area contributed by atoms with E-state index in [-0.39, 0.29) is 16.6 Å². The summed E-state index contributed by atoms with van der Waals surface area (Å²) in [6, 6.07) is 11.6. The van der Waals surface area contributed by atoms with E-state index in [9.17, 15) is 13.2 Å². The first-order chi connectivity index (χ1) is 13.8. The highest BCUT2D eigenvalue weighted by molar-refractivity contribution is 7.92. The van der Waals surface area contributed by atoms with Crippen molar-refractivity contribution in [3.8, 4) is 5.75 Å². The van der Waals surface area contributed by atoms with Crippen molar-refractivity contribution in [3.63, 3.8) is 0 Å². The SMILES string of the molecule is CC[NH+]1CCN(C(=O)c2ccc(OC)c(S(=O)(=O)Nc3ccc(C)cc3)c2)CC1. The van der Waals surface area contributed by atoms with E-state index in [4.69, 9.17) is 4.74 Å². The number of nitrogens with one attached hydrogen (secondary N) is 2. The first kappa shape index (κ1) is 21.1. The quantitative estimate of drug-likeness (QED) is 0.738. The molecule has 1 saturated heterocycles. The van der Waals surface area contributed by atoms with Gasteiger partial charge in [-0.25, -0.2) is 8.42 Å². The molecule has 0 spiro atoms. The van der Waals surface area contributed by atoms with Crippen molar-refractivity contribution >= 4 is 21.6 Å². The van der Waals surface area contributed by atoms with E-state index in [2.05, 4.69) is 11.6 Å². The maximum atomic E-state index is 13.0. The highest BCUT2D eigenvalue weighted by atomic mass is 32.2. The molecular weight excluding hydrogens is 390 g/mol. The number of piperazine rings is 1. The average molecular weight is 419 g/mol. The fourth-order valence-corrected chi connectivity index (χ4v) is 4.67. The lowest BCUT2D eigenvalue weighted by molar-refractivity contribution is -0.902. The largest absolute Gasteiger partial charge is 0.495 e. The van der Waals surface area contributed by atoms with Crippen molar-refractivity contribution < 1.29 is 22.8 Å². The number of hydrogen-bond donors (Lipinski definition) is 2. The second kappa shape index (κ2) is 8.84. The molecule has 2 N–H and O–H groups in total. The van der Waals surface area contributed by atoms with Gasteiger partial charge in [-0.15, -0.1) is 0 Å². The van der Waals surface area contributed by atoms with Gasteiger partial charge in [-0.1, -0.05) is 17.7 Å². The maximum Gasteiger partial charge on any atom is 0.265 e. The summed E-state index contributed by atoms with van der Waals surface area (Å²) in [6.45, 7) is 8.23. The van der Waals surface area contributed by atoms with Gasteiger partial charge in [0.2, 0.25) is 0 Å².